The molecule has 0 aliphatic carbocycles. The number of nitrogens with zero attached hydrogens (tertiary/aromatic N) is 1. The smallest absolute Gasteiger partial charge is 0.280 e. The van der Waals surface area contributed by atoms with Crippen LogP contribution >= 0.6 is 0 Å². The Morgan fingerprint density at radius 1 is 1.00 bits per heavy atom. The molecule has 1 aliphatic rings. The van der Waals surface area contributed by atoms with Crippen molar-refractivity contribution >= 4 is 17.7 Å². The van der Waals surface area contributed by atoms with E-state index in [-0.39, 0.29) is 16.7 Å². The quantitative estimate of drug-likeness (QED) is 0.857. The van der Waals surface area contributed by atoms with Gasteiger partial charge in [-0.05, 0) is 30.7 Å². The summed E-state index contributed by atoms with van der Waals surface area (Å²) >= 11 is 0. The molecule has 0 aromatic heterocycles. The molecule has 1 N–H and O–H groups in total. The first-order chi connectivity index (χ1) is 11.6. The van der Waals surface area contributed by atoms with Crippen LogP contribution in [0.3, 0.4) is 0 Å². The number of carbonyl (C=O) groups excluding carboxylic acids is 3. The van der Waals surface area contributed by atoms with Gasteiger partial charge >= 0.3 is 0 Å². The molecule has 2 aromatic rings. The van der Waals surface area contributed by atoms with Crippen molar-refractivity contribution < 1.29 is 19.1 Å². The molecule has 0 saturated heterocycles. The van der Waals surface area contributed by atoms with Crippen LogP contribution in [0.2, 0.25) is 0 Å². The van der Waals surface area contributed by atoms with Gasteiger partial charge in [0.05, 0.1) is 23.3 Å². The van der Waals surface area contributed by atoms with E-state index in [1.54, 1.807) is 48.5 Å². The molecular weight excluding hydrogens is 308 g/mol. The molecule has 0 spiro atoms. The van der Waals surface area contributed by atoms with Gasteiger partial charge < -0.3 is 4.74 Å². The number of benzene rings is 2. The molecular formula is C18H16N2O4. The third-order valence-corrected chi connectivity index (χ3v) is 3.60. The molecule has 1 aliphatic heterocycles. The number of rotatable bonds is 5. The molecule has 0 saturated carbocycles. The fourth-order valence-electron chi connectivity index (χ4n) is 2.44. The van der Waals surface area contributed by atoms with Crippen molar-refractivity contribution in [3.05, 3.63) is 65.2 Å². The third kappa shape index (κ3) is 2.74. The van der Waals surface area contributed by atoms with Crippen LogP contribution in [-0.2, 0) is 0 Å². The average Bonchev–Trinajstić information content (AvgIpc) is 2.85. The molecule has 122 valence electrons. The van der Waals surface area contributed by atoms with Crippen LogP contribution in [0.5, 0.6) is 5.75 Å². The summed E-state index contributed by atoms with van der Waals surface area (Å²) in [6.07, 6.45) is 0.800. The van der Waals surface area contributed by atoms with E-state index in [9.17, 15) is 14.4 Å². The zero-order chi connectivity index (χ0) is 17.1. The average molecular weight is 324 g/mol. The topological polar surface area (TPSA) is 75.7 Å². The Balaban J connectivity index is 1.82. The van der Waals surface area contributed by atoms with Gasteiger partial charge in [-0.15, -0.1) is 0 Å². The second kappa shape index (κ2) is 6.54. The molecule has 24 heavy (non-hydrogen) atoms. The summed E-state index contributed by atoms with van der Waals surface area (Å²) in [6.45, 7) is 2.43. The SMILES string of the molecule is CCCOc1ccccc1C(=O)NN1C(=O)c2ccccc2C1=O. The monoisotopic (exact) mass is 324 g/mol. The number of nitrogens with one attached hydrogen (secondary N) is 1. The summed E-state index contributed by atoms with van der Waals surface area (Å²) in [5.74, 6) is -1.25. The molecule has 6 nitrogen and oxygen atoms in total. The minimum absolute atomic E-state index is 0.266. The van der Waals surface area contributed by atoms with Crippen molar-refractivity contribution in [2.75, 3.05) is 6.61 Å². The Morgan fingerprint density at radius 3 is 2.21 bits per heavy atom. The van der Waals surface area contributed by atoms with Crippen LogP contribution in [-0.4, -0.2) is 29.3 Å². The van der Waals surface area contributed by atoms with Crippen LogP contribution in [0, 0.1) is 0 Å². The summed E-state index contributed by atoms with van der Waals surface area (Å²) in [5, 5.41) is 0.740. The molecule has 1 heterocycles. The number of carbonyl (C=O) groups is 3. The van der Waals surface area contributed by atoms with E-state index in [1.165, 1.54) is 0 Å². The van der Waals surface area contributed by atoms with Crippen molar-refractivity contribution in [2.45, 2.75) is 13.3 Å². The zero-order valence-corrected chi connectivity index (χ0v) is 13.1. The third-order valence-electron chi connectivity index (χ3n) is 3.60. The number of imide groups is 1. The maximum Gasteiger partial charge on any atom is 0.280 e. The molecule has 2 aromatic carbocycles. The first kappa shape index (κ1) is 15.7. The summed E-state index contributed by atoms with van der Waals surface area (Å²) in [7, 11) is 0. The molecule has 0 unspecified atom stereocenters. The highest BCUT2D eigenvalue weighted by atomic mass is 16.5. The Kier molecular flexibility index (Phi) is 4.29. The first-order valence-electron chi connectivity index (χ1n) is 7.64. The molecule has 6 heteroatoms. The highest BCUT2D eigenvalue weighted by Gasteiger charge is 2.36. The lowest BCUT2D eigenvalue weighted by molar-refractivity contribution is 0.0517. The van der Waals surface area contributed by atoms with Gasteiger partial charge in [0.1, 0.15) is 5.75 Å². The normalized spacial score (nSPS) is 13.0. The number of para-hydroxylation sites is 1. The van der Waals surface area contributed by atoms with Crippen LogP contribution in [0.15, 0.2) is 48.5 Å². The molecule has 0 atom stereocenters. The van der Waals surface area contributed by atoms with Gasteiger partial charge in [0.15, 0.2) is 0 Å². The predicted molar refractivity (Wildman–Crippen MR) is 86.6 cm³/mol. The Bertz CT molecular complexity index is 781. The van der Waals surface area contributed by atoms with Crippen molar-refractivity contribution in [2.24, 2.45) is 0 Å². The van der Waals surface area contributed by atoms with Crippen molar-refractivity contribution in [1.82, 2.24) is 10.4 Å². The van der Waals surface area contributed by atoms with Crippen LogP contribution in [0.1, 0.15) is 44.4 Å². The summed E-state index contributed by atoms with van der Waals surface area (Å²) in [4.78, 5) is 37.1. The summed E-state index contributed by atoms with van der Waals surface area (Å²) in [5.41, 5.74) is 3.19. The Hall–Kier alpha value is -3.15. The largest absolute Gasteiger partial charge is 0.493 e. The number of amides is 3. The van der Waals surface area contributed by atoms with Crippen LogP contribution in [0.25, 0.3) is 0 Å². The highest BCUT2D eigenvalue weighted by Crippen LogP contribution is 2.22. The highest BCUT2D eigenvalue weighted by molar-refractivity contribution is 6.22. The Labute approximate surface area is 139 Å². The van der Waals surface area contributed by atoms with Gasteiger partial charge in [0.25, 0.3) is 17.7 Å². The van der Waals surface area contributed by atoms with Gasteiger partial charge in [-0.2, -0.15) is 5.01 Å². The van der Waals surface area contributed by atoms with E-state index in [0.717, 1.165) is 11.4 Å². The standard InChI is InChI=1S/C18H16N2O4/c1-2-11-24-15-10-6-5-9-14(15)16(21)19-20-17(22)12-7-3-4-8-13(12)18(20)23/h3-10H,2,11H2,1H3,(H,19,21). The van der Waals surface area contributed by atoms with Crippen LogP contribution in [0.4, 0.5) is 0 Å². The number of hydrazine groups is 1. The number of hydrogen-bond acceptors (Lipinski definition) is 4. The fraction of sp³-hybridized carbons (Fsp3) is 0.167. The molecule has 3 amide bonds. The fourth-order valence-corrected chi connectivity index (χ4v) is 2.44. The van der Waals surface area contributed by atoms with Gasteiger partial charge in [0, 0.05) is 0 Å². The second-order valence-corrected chi connectivity index (χ2v) is 5.28. The Morgan fingerprint density at radius 2 is 1.58 bits per heavy atom. The van der Waals surface area contributed by atoms with Gasteiger partial charge in [0.2, 0.25) is 0 Å². The van der Waals surface area contributed by atoms with E-state index >= 15 is 0 Å². The van der Waals surface area contributed by atoms with Gasteiger partial charge in [-0.25, -0.2) is 0 Å². The second-order valence-electron chi connectivity index (χ2n) is 5.28. The van der Waals surface area contributed by atoms with E-state index in [4.69, 9.17) is 4.74 Å². The van der Waals surface area contributed by atoms with Gasteiger partial charge in [-0.3, -0.25) is 19.8 Å². The predicted octanol–water partition coefficient (Wildman–Crippen LogP) is 2.42. The lowest BCUT2D eigenvalue weighted by atomic mass is 10.1. The molecule has 0 radical (unpaired) electrons. The lowest BCUT2D eigenvalue weighted by Crippen LogP contribution is -2.45. The van der Waals surface area contributed by atoms with Gasteiger partial charge in [-0.1, -0.05) is 31.2 Å². The van der Waals surface area contributed by atoms with E-state index in [2.05, 4.69) is 5.43 Å². The maximum atomic E-state index is 12.5. The molecule has 0 fully saturated rings. The minimum atomic E-state index is -0.573. The summed E-state index contributed by atoms with van der Waals surface area (Å²) in [6, 6.07) is 13.2. The molecule has 0 bridgehead atoms. The minimum Gasteiger partial charge on any atom is -0.493 e. The maximum absolute atomic E-state index is 12.5. The van der Waals surface area contributed by atoms with E-state index in [0.29, 0.717) is 12.4 Å². The van der Waals surface area contributed by atoms with Crippen molar-refractivity contribution in [3.8, 4) is 5.75 Å². The number of hydrogen-bond donors (Lipinski definition) is 1. The molecule has 3 rings (SSSR count). The first-order valence-corrected chi connectivity index (χ1v) is 7.64. The lowest BCUT2D eigenvalue weighted by Gasteiger charge is -2.16. The van der Waals surface area contributed by atoms with Crippen molar-refractivity contribution in [3.63, 3.8) is 0 Å². The number of fused-ring (bicyclic) bond motifs is 1. The van der Waals surface area contributed by atoms with Crippen LogP contribution < -0.4 is 10.2 Å². The summed E-state index contributed by atoms with van der Waals surface area (Å²) < 4.78 is 5.54. The zero-order valence-electron chi connectivity index (χ0n) is 13.1. The number of ether oxygens (including phenoxy) is 1. The van der Waals surface area contributed by atoms with E-state index < -0.39 is 17.7 Å². The van der Waals surface area contributed by atoms with E-state index in [1.807, 2.05) is 6.92 Å². The van der Waals surface area contributed by atoms with Crippen molar-refractivity contribution in [1.29, 1.82) is 0 Å².